The number of para-hydroxylation sites is 1. The van der Waals surface area contributed by atoms with E-state index in [0.717, 1.165) is 17.9 Å². The molecule has 0 saturated carbocycles. The first-order valence-electron chi connectivity index (χ1n) is 6.17. The fourth-order valence-electron chi connectivity index (χ4n) is 1.88. The Morgan fingerprint density at radius 2 is 2.00 bits per heavy atom. The molecule has 1 atom stereocenters. The lowest BCUT2D eigenvalue weighted by Crippen LogP contribution is -2.15. The molecule has 0 spiro atoms. The number of rotatable bonds is 5. The molecule has 1 unspecified atom stereocenters. The van der Waals surface area contributed by atoms with Crippen LogP contribution in [0.5, 0.6) is 0 Å². The van der Waals surface area contributed by atoms with Crippen LogP contribution in [0.3, 0.4) is 0 Å². The zero-order chi connectivity index (χ0) is 12.1. The van der Waals surface area contributed by atoms with Gasteiger partial charge in [-0.15, -0.1) is 0 Å². The number of anilines is 1. The first-order valence-corrected chi connectivity index (χ1v) is 6.17. The van der Waals surface area contributed by atoms with Gasteiger partial charge in [0.05, 0.1) is 5.69 Å². The van der Waals surface area contributed by atoms with Crippen LogP contribution in [0.1, 0.15) is 26.7 Å². The summed E-state index contributed by atoms with van der Waals surface area (Å²) in [6.45, 7) is 4.38. The molecule has 0 bridgehead atoms. The van der Waals surface area contributed by atoms with Crippen LogP contribution in [0.2, 0.25) is 0 Å². The molecule has 2 rings (SSSR count). The van der Waals surface area contributed by atoms with Crippen LogP contribution in [0.4, 0.5) is 5.82 Å². The smallest absolute Gasteiger partial charge is 0.148 e. The Morgan fingerprint density at radius 1 is 1.24 bits per heavy atom. The number of hydrogen-bond acceptors (Lipinski definition) is 2. The molecule has 2 aromatic rings. The molecule has 3 heteroatoms. The molecule has 90 valence electrons. The third-order valence-electron chi connectivity index (χ3n) is 2.73. The van der Waals surface area contributed by atoms with Crippen LogP contribution < -0.4 is 5.32 Å². The van der Waals surface area contributed by atoms with E-state index in [-0.39, 0.29) is 0 Å². The minimum atomic E-state index is 0.471. The quantitative estimate of drug-likeness (QED) is 0.850. The van der Waals surface area contributed by atoms with Gasteiger partial charge in [-0.1, -0.05) is 31.5 Å². The number of benzene rings is 1. The highest BCUT2D eigenvalue weighted by Crippen LogP contribution is 2.11. The SMILES string of the molecule is CCCC(C)Nc1ccn(-c2ccccc2)n1. The molecule has 17 heavy (non-hydrogen) atoms. The van der Waals surface area contributed by atoms with E-state index in [4.69, 9.17) is 0 Å². The van der Waals surface area contributed by atoms with E-state index >= 15 is 0 Å². The van der Waals surface area contributed by atoms with Crippen molar-refractivity contribution in [1.82, 2.24) is 9.78 Å². The van der Waals surface area contributed by atoms with Gasteiger partial charge in [0.25, 0.3) is 0 Å². The molecule has 0 aliphatic carbocycles. The Kier molecular flexibility index (Phi) is 3.81. The van der Waals surface area contributed by atoms with Crippen LogP contribution >= 0.6 is 0 Å². The maximum atomic E-state index is 4.51. The summed E-state index contributed by atoms with van der Waals surface area (Å²) in [6.07, 6.45) is 4.34. The Labute approximate surface area is 102 Å². The summed E-state index contributed by atoms with van der Waals surface area (Å²) in [5, 5.41) is 7.91. The van der Waals surface area contributed by atoms with Crippen LogP contribution in [0, 0.1) is 0 Å². The van der Waals surface area contributed by atoms with Gasteiger partial charge >= 0.3 is 0 Å². The molecule has 1 aromatic heterocycles. The van der Waals surface area contributed by atoms with E-state index in [0.29, 0.717) is 6.04 Å². The van der Waals surface area contributed by atoms with Crippen molar-refractivity contribution in [1.29, 1.82) is 0 Å². The molecular weight excluding hydrogens is 210 g/mol. The number of aromatic nitrogens is 2. The largest absolute Gasteiger partial charge is 0.366 e. The maximum absolute atomic E-state index is 4.51. The van der Waals surface area contributed by atoms with Crippen LogP contribution in [0.15, 0.2) is 42.6 Å². The van der Waals surface area contributed by atoms with Crippen molar-refractivity contribution < 1.29 is 0 Å². The Balaban J connectivity index is 2.06. The lowest BCUT2D eigenvalue weighted by molar-refractivity contribution is 0.685. The van der Waals surface area contributed by atoms with E-state index < -0.39 is 0 Å². The average Bonchev–Trinajstić information content (AvgIpc) is 2.79. The zero-order valence-electron chi connectivity index (χ0n) is 10.4. The van der Waals surface area contributed by atoms with Gasteiger partial charge in [-0.05, 0) is 25.5 Å². The van der Waals surface area contributed by atoms with E-state index in [2.05, 4.69) is 24.3 Å². The Morgan fingerprint density at radius 3 is 2.71 bits per heavy atom. The second-order valence-electron chi connectivity index (χ2n) is 4.32. The fourth-order valence-corrected chi connectivity index (χ4v) is 1.88. The van der Waals surface area contributed by atoms with E-state index in [1.165, 1.54) is 6.42 Å². The highest BCUT2D eigenvalue weighted by molar-refractivity contribution is 5.38. The predicted molar refractivity (Wildman–Crippen MR) is 71.6 cm³/mol. The monoisotopic (exact) mass is 229 g/mol. The molecule has 0 saturated heterocycles. The normalized spacial score (nSPS) is 12.4. The highest BCUT2D eigenvalue weighted by Gasteiger charge is 2.04. The summed E-state index contributed by atoms with van der Waals surface area (Å²) in [4.78, 5) is 0. The standard InChI is InChI=1S/C14H19N3/c1-3-7-12(2)15-14-10-11-17(16-14)13-8-5-4-6-9-13/h4-6,8-12H,3,7H2,1-2H3,(H,15,16). The van der Waals surface area contributed by atoms with Gasteiger partial charge in [0.15, 0.2) is 0 Å². The minimum Gasteiger partial charge on any atom is -0.366 e. The number of nitrogens with one attached hydrogen (secondary N) is 1. The molecule has 0 aliphatic rings. The number of hydrogen-bond donors (Lipinski definition) is 1. The molecule has 3 nitrogen and oxygen atoms in total. The topological polar surface area (TPSA) is 29.9 Å². The summed E-state index contributed by atoms with van der Waals surface area (Å²) in [6, 6.07) is 12.6. The van der Waals surface area contributed by atoms with Crippen LogP contribution in [-0.2, 0) is 0 Å². The van der Waals surface area contributed by atoms with Crippen LogP contribution in [-0.4, -0.2) is 15.8 Å². The molecule has 1 heterocycles. The van der Waals surface area contributed by atoms with Gasteiger partial charge in [-0.25, -0.2) is 4.68 Å². The molecule has 0 radical (unpaired) electrons. The maximum Gasteiger partial charge on any atom is 0.148 e. The molecule has 1 aromatic carbocycles. The van der Waals surface area contributed by atoms with Gasteiger partial charge in [0.2, 0.25) is 0 Å². The van der Waals surface area contributed by atoms with Crippen molar-refractivity contribution in [3.8, 4) is 5.69 Å². The van der Waals surface area contributed by atoms with Crippen LogP contribution in [0.25, 0.3) is 5.69 Å². The zero-order valence-corrected chi connectivity index (χ0v) is 10.4. The van der Waals surface area contributed by atoms with Gasteiger partial charge in [-0.3, -0.25) is 0 Å². The molecule has 0 aliphatic heterocycles. The summed E-state index contributed by atoms with van der Waals surface area (Å²) >= 11 is 0. The first-order chi connectivity index (χ1) is 8.29. The van der Waals surface area contributed by atoms with Crippen molar-refractivity contribution in [3.63, 3.8) is 0 Å². The van der Waals surface area contributed by atoms with Crippen molar-refractivity contribution >= 4 is 5.82 Å². The second kappa shape index (κ2) is 5.53. The summed E-state index contributed by atoms with van der Waals surface area (Å²) in [7, 11) is 0. The predicted octanol–water partition coefficient (Wildman–Crippen LogP) is 3.47. The Bertz CT molecular complexity index is 448. The summed E-state index contributed by atoms with van der Waals surface area (Å²) in [5.74, 6) is 0.940. The van der Waals surface area contributed by atoms with Gasteiger partial charge in [-0.2, -0.15) is 5.10 Å². The Hall–Kier alpha value is -1.77. The lowest BCUT2D eigenvalue weighted by Gasteiger charge is -2.11. The fraction of sp³-hybridized carbons (Fsp3) is 0.357. The van der Waals surface area contributed by atoms with Gasteiger partial charge in [0.1, 0.15) is 5.82 Å². The second-order valence-corrected chi connectivity index (χ2v) is 4.32. The van der Waals surface area contributed by atoms with Crippen molar-refractivity contribution in [3.05, 3.63) is 42.6 Å². The highest BCUT2D eigenvalue weighted by atomic mass is 15.3. The molecule has 1 N–H and O–H groups in total. The molecule has 0 amide bonds. The van der Waals surface area contributed by atoms with Gasteiger partial charge < -0.3 is 5.32 Å². The third-order valence-corrected chi connectivity index (χ3v) is 2.73. The molecule has 0 fully saturated rings. The molecular formula is C14H19N3. The summed E-state index contributed by atoms with van der Waals surface area (Å²) < 4.78 is 1.89. The lowest BCUT2D eigenvalue weighted by atomic mass is 10.2. The minimum absolute atomic E-state index is 0.471. The van der Waals surface area contributed by atoms with Crippen molar-refractivity contribution in [2.24, 2.45) is 0 Å². The van der Waals surface area contributed by atoms with E-state index in [9.17, 15) is 0 Å². The average molecular weight is 229 g/mol. The van der Waals surface area contributed by atoms with Crippen molar-refractivity contribution in [2.75, 3.05) is 5.32 Å². The summed E-state index contributed by atoms with van der Waals surface area (Å²) in [5.41, 5.74) is 1.09. The first kappa shape index (κ1) is 11.7. The van der Waals surface area contributed by atoms with Crippen molar-refractivity contribution in [2.45, 2.75) is 32.7 Å². The number of nitrogens with zero attached hydrogens (tertiary/aromatic N) is 2. The van der Waals surface area contributed by atoms with E-state index in [1.54, 1.807) is 0 Å². The third kappa shape index (κ3) is 3.09. The van der Waals surface area contributed by atoms with Gasteiger partial charge in [0, 0.05) is 18.3 Å². The van der Waals surface area contributed by atoms with E-state index in [1.807, 2.05) is 47.3 Å².